The van der Waals surface area contributed by atoms with Gasteiger partial charge in [0.15, 0.2) is 0 Å². The molecular weight excluding hydrogens is 250 g/mol. The molecule has 0 aromatic heterocycles. The summed E-state index contributed by atoms with van der Waals surface area (Å²) in [4.78, 5) is 0. The smallest absolute Gasteiger partial charge is 0.0408 e. The molecule has 0 spiro atoms. The highest BCUT2D eigenvalue weighted by molar-refractivity contribution is 7.99. The molecule has 3 heteroatoms. The zero-order valence-electron chi connectivity index (χ0n) is 10.5. The van der Waals surface area contributed by atoms with Crippen LogP contribution in [0.15, 0.2) is 18.2 Å². The van der Waals surface area contributed by atoms with Crippen molar-refractivity contribution in [2.75, 3.05) is 12.8 Å². The molecule has 1 aliphatic carbocycles. The second-order valence-electron chi connectivity index (χ2n) is 4.72. The van der Waals surface area contributed by atoms with Gasteiger partial charge in [0.05, 0.1) is 0 Å². The Hall–Kier alpha value is -0.180. The molecule has 0 bridgehead atoms. The molecule has 1 nitrogen and oxygen atoms in total. The minimum atomic E-state index is 0.538. The lowest BCUT2D eigenvalue weighted by atomic mass is 10.1. The van der Waals surface area contributed by atoms with Crippen LogP contribution >= 0.6 is 23.4 Å². The van der Waals surface area contributed by atoms with E-state index in [4.69, 9.17) is 11.6 Å². The van der Waals surface area contributed by atoms with Crippen LogP contribution in [0.5, 0.6) is 0 Å². The summed E-state index contributed by atoms with van der Waals surface area (Å²) in [6.45, 7) is 3.39. The highest BCUT2D eigenvalue weighted by Crippen LogP contribution is 2.32. The van der Waals surface area contributed by atoms with Gasteiger partial charge < -0.3 is 5.32 Å². The molecular formula is C14H20ClNS. The molecule has 2 unspecified atom stereocenters. The zero-order chi connectivity index (χ0) is 12.3. The molecule has 0 saturated carbocycles. The fourth-order valence-corrected chi connectivity index (χ4v) is 2.93. The van der Waals surface area contributed by atoms with Gasteiger partial charge in [0, 0.05) is 16.3 Å². The average molecular weight is 270 g/mol. The Morgan fingerprint density at radius 3 is 3.12 bits per heavy atom. The summed E-state index contributed by atoms with van der Waals surface area (Å²) in [6.07, 6.45) is 5.78. The number of fused-ring (bicyclic) bond motifs is 1. The van der Waals surface area contributed by atoms with Gasteiger partial charge in [0.2, 0.25) is 0 Å². The first-order valence-electron chi connectivity index (χ1n) is 6.25. The van der Waals surface area contributed by atoms with Gasteiger partial charge >= 0.3 is 0 Å². The number of hydrogen-bond donors (Lipinski definition) is 1. The first-order valence-corrected chi connectivity index (χ1v) is 7.92. The van der Waals surface area contributed by atoms with Crippen LogP contribution in [0.4, 0.5) is 0 Å². The van der Waals surface area contributed by atoms with E-state index in [9.17, 15) is 0 Å². The maximum absolute atomic E-state index is 6.01. The fraction of sp³-hybridized carbons (Fsp3) is 0.571. The average Bonchev–Trinajstić information content (AvgIpc) is 2.71. The standard InChI is InChI=1S/C14H20ClNS/c1-10(17-2)7-8-16-14-6-3-11-9-12(15)4-5-13(11)14/h4-5,9-10,14,16H,3,6-8H2,1-2H3. The predicted octanol–water partition coefficient (Wildman–Crippen LogP) is 4.06. The molecule has 1 aromatic rings. The number of hydrogen-bond acceptors (Lipinski definition) is 2. The lowest BCUT2D eigenvalue weighted by molar-refractivity contribution is 0.520. The lowest BCUT2D eigenvalue weighted by Crippen LogP contribution is -2.22. The van der Waals surface area contributed by atoms with E-state index in [2.05, 4.69) is 30.6 Å². The maximum atomic E-state index is 6.01. The van der Waals surface area contributed by atoms with E-state index in [0.29, 0.717) is 6.04 Å². The number of halogens is 1. The molecule has 17 heavy (non-hydrogen) atoms. The lowest BCUT2D eigenvalue weighted by Gasteiger charge is -2.15. The zero-order valence-corrected chi connectivity index (χ0v) is 12.1. The Morgan fingerprint density at radius 1 is 1.53 bits per heavy atom. The molecule has 2 rings (SSSR count). The summed E-state index contributed by atoms with van der Waals surface area (Å²) in [5.41, 5.74) is 2.87. The Morgan fingerprint density at radius 2 is 2.35 bits per heavy atom. The van der Waals surface area contributed by atoms with Gasteiger partial charge in [0.25, 0.3) is 0 Å². The van der Waals surface area contributed by atoms with E-state index in [1.807, 2.05) is 17.8 Å². The van der Waals surface area contributed by atoms with Crippen molar-refractivity contribution in [3.63, 3.8) is 0 Å². The van der Waals surface area contributed by atoms with Crippen molar-refractivity contribution in [2.45, 2.75) is 37.5 Å². The normalized spacial score (nSPS) is 20.3. The van der Waals surface area contributed by atoms with Crippen molar-refractivity contribution in [3.8, 4) is 0 Å². The van der Waals surface area contributed by atoms with Crippen LogP contribution in [0.1, 0.15) is 36.9 Å². The third-order valence-corrected chi connectivity index (χ3v) is 4.80. The minimum Gasteiger partial charge on any atom is -0.310 e. The van der Waals surface area contributed by atoms with Crippen LogP contribution in [0, 0.1) is 0 Å². The minimum absolute atomic E-state index is 0.538. The molecule has 2 atom stereocenters. The van der Waals surface area contributed by atoms with Crippen LogP contribution in [0.3, 0.4) is 0 Å². The maximum Gasteiger partial charge on any atom is 0.0408 e. The Labute approximate surface area is 113 Å². The van der Waals surface area contributed by atoms with E-state index in [1.165, 1.54) is 24.0 Å². The fourth-order valence-electron chi connectivity index (χ4n) is 2.38. The van der Waals surface area contributed by atoms with Crippen LogP contribution < -0.4 is 5.32 Å². The molecule has 0 aliphatic heterocycles. The van der Waals surface area contributed by atoms with Gasteiger partial charge in [-0.25, -0.2) is 0 Å². The van der Waals surface area contributed by atoms with E-state index < -0.39 is 0 Å². The van der Waals surface area contributed by atoms with Gasteiger partial charge in [-0.05, 0) is 55.3 Å². The highest BCUT2D eigenvalue weighted by atomic mass is 35.5. The van der Waals surface area contributed by atoms with E-state index >= 15 is 0 Å². The summed E-state index contributed by atoms with van der Waals surface area (Å²) in [6, 6.07) is 6.84. The number of benzene rings is 1. The molecule has 0 radical (unpaired) electrons. The van der Waals surface area contributed by atoms with Crippen molar-refractivity contribution in [2.24, 2.45) is 0 Å². The molecule has 0 heterocycles. The number of nitrogens with one attached hydrogen (secondary N) is 1. The Balaban J connectivity index is 1.89. The molecule has 0 saturated heterocycles. The second kappa shape index (κ2) is 6.12. The summed E-state index contributed by atoms with van der Waals surface area (Å²) in [5, 5.41) is 5.27. The topological polar surface area (TPSA) is 12.0 Å². The summed E-state index contributed by atoms with van der Waals surface area (Å²) in [5.74, 6) is 0. The molecule has 1 aromatic carbocycles. The molecule has 1 aliphatic rings. The number of rotatable bonds is 5. The summed E-state index contributed by atoms with van der Waals surface area (Å²) >= 11 is 7.95. The number of thioether (sulfide) groups is 1. The monoisotopic (exact) mass is 269 g/mol. The van der Waals surface area contributed by atoms with Crippen LogP contribution in [0.2, 0.25) is 5.02 Å². The van der Waals surface area contributed by atoms with E-state index in [-0.39, 0.29) is 0 Å². The third kappa shape index (κ3) is 3.40. The molecule has 1 N–H and O–H groups in total. The first kappa shape index (κ1) is 13.3. The van der Waals surface area contributed by atoms with Crippen LogP contribution in [-0.4, -0.2) is 18.1 Å². The quantitative estimate of drug-likeness (QED) is 0.865. The van der Waals surface area contributed by atoms with Gasteiger partial charge in [-0.15, -0.1) is 0 Å². The third-order valence-electron chi connectivity index (χ3n) is 3.53. The molecule has 94 valence electrons. The van der Waals surface area contributed by atoms with Gasteiger partial charge in [0.1, 0.15) is 0 Å². The van der Waals surface area contributed by atoms with Gasteiger partial charge in [-0.2, -0.15) is 11.8 Å². The first-order chi connectivity index (χ1) is 8.20. The van der Waals surface area contributed by atoms with Gasteiger partial charge in [-0.1, -0.05) is 24.6 Å². The van der Waals surface area contributed by atoms with E-state index in [0.717, 1.165) is 23.2 Å². The van der Waals surface area contributed by atoms with Crippen molar-refractivity contribution in [1.82, 2.24) is 5.32 Å². The van der Waals surface area contributed by atoms with Crippen molar-refractivity contribution >= 4 is 23.4 Å². The van der Waals surface area contributed by atoms with E-state index in [1.54, 1.807) is 0 Å². The highest BCUT2D eigenvalue weighted by Gasteiger charge is 2.21. The largest absolute Gasteiger partial charge is 0.310 e. The second-order valence-corrected chi connectivity index (χ2v) is 6.44. The predicted molar refractivity (Wildman–Crippen MR) is 78.1 cm³/mol. The molecule has 0 amide bonds. The van der Waals surface area contributed by atoms with Gasteiger partial charge in [-0.3, -0.25) is 0 Å². The van der Waals surface area contributed by atoms with Crippen LogP contribution in [-0.2, 0) is 6.42 Å². The van der Waals surface area contributed by atoms with Crippen molar-refractivity contribution < 1.29 is 0 Å². The SMILES string of the molecule is CSC(C)CCNC1CCc2cc(Cl)ccc21. The Bertz CT molecular complexity index is 380. The van der Waals surface area contributed by atoms with Crippen LogP contribution in [0.25, 0.3) is 0 Å². The number of aryl methyl sites for hydroxylation is 1. The summed E-state index contributed by atoms with van der Waals surface area (Å²) < 4.78 is 0. The van der Waals surface area contributed by atoms with Crippen molar-refractivity contribution in [3.05, 3.63) is 34.3 Å². The molecule has 0 fully saturated rings. The van der Waals surface area contributed by atoms with Crippen molar-refractivity contribution in [1.29, 1.82) is 0 Å². The summed E-state index contributed by atoms with van der Waals surface area (Å²) in [7, 11) is 0. The Kier molecular flexibility index (Phi) is 4.78.